The Morgan fingerprint density at radius 1 is 0.792 bits per heavy atom. The second-order valence-corrected chi connectivity index (χ2v) is 13.9. The second kappa shape index (κ2) is 13.0. The van der Waals surface area contributed by atoms with Crippen molar-refractivity contribution in [1.29, 1.82) is 0 Å². The molecule has 0 spiro atoms. The van der Waals surface area contributed by atoms with Gasteiger partial charge in [-0.3, -0.25) is 9.98 Å². The Kier molecular flexibility index (Phi) is 8.26. The van der Waals surface area contributed by atoms with Gasteiger partial charge in [-0.05, 0) is 124 Å². The lowest BCUT2D eigenvalue weighted by molar-refractivity contribution is 0.302. The lowest BCUT2D eigenvalue weighted by atomic mass is 9.69. The summed E-state index contributed by atoms with van der Waals surface area (Å²) in [5.74, 6) is 0.902. The van der Waals surface area contributed by atoms with Gasteiger partial charge in [-0.2, -0.15) is 0 Å². The molecule has 48 heavy (non-hydrogen) atoms. The maximum Gasteiger partial charge on any atom is 0.0793 e. The molecule has 3 atom stereocenters. The van der Waals surface area contributed by atoms with E-state index in [0.717, 1.165) is 49.9 Å². The minimum atomic E-state index is 0.276. The fourth-order valence-electron chi connectivity index (χ4n) is 8.53. The highest BCUT2D eigenvalue weighted by Gasteiger charge is 2.35. The van der Waals surface area contributed by atoms with Crippen LogP contribution in [-0.2, 0) is 0 Å². The van der Waals surface area contributed by atoms with E-state index < -0.39 is 0 Å². The molecule has 0 bridgehead atoms. The van der Waals surface area contributed by atoms with Gasteiger partial charge in [-0.1, -0.05) is 128 Å². The quantitative estimate of drug-likeness (QED) is 0.127. The van der Waals surface area contributed by atoms with Gasteiger partial charge in [-0.25, -0.2) is 0 Å². The van der Waals surface area contributed by atoms with Gasteiger partial charge in [-0.15, -0.1) is 0 Å². The first-order valence-corrected chi connectivity index (χ1v) is 17.9. The molecule has 2 nitrogen and oxygen atoms in total. The van der Waals surface area contributed by atoms with Crippen molar-refractivity contribution in [2.45, 2.75) is 65.3 Å². The minimum absolute atomic E-state index is 0.276. The first-order chi connectivity index (χ1) is 23.6. The largest absolute Gasteiger partial charge is 0.284 e. The van der Waals surface area contributed by atoms with Crippen molar-refractivity contribution in [3.63, 3.8) is 0 Å². The highest BCUT2D eigenvalue weighted by atomic mass is 14.9. The maximum atomic E-state index is 5.43. The highest BCUT2D eigenvalue weighted by molar-refractivity contribution is 6.20. The third-order valence-corrected chi connectivity index (χ3v) is 10.8. The van der Waals surface area contributed by atoms with Crippen LogP contribution in [0, 0.1) is 18.8 Å². The Morgan fingerprint density at radius 2 is 1.48 bits per heavy atom. The second-order valence-electron chi connectivity index (χ2n) is 13.9. The van der Waals surface area contributed by atoms with E-state index >= 15 is 0 Å². The molecule has 1 heterocycles. The van der Waals surface area contributed by atoms with Gasteiger partial charge < -0.3 is 0 Å². The van der Waals surface area contributed by atoms with Crippen LogP contribution in [-0.4, -0.2) is 18.0 Å². The number of hydrogen-bond donors (Lipinski definition) is 0. The number of aliphatic imine (C=N–C) groups is 2. The molecular formula is C46H44N2. The van der Waals surface area contributed by atoms with Gasteiger partial charge in [0.15, 0.2) is 0 Å². The van der Waals surface area contributed by atoms with Crippen molar-refractivity contribution in [2.24, 2.45) is 21.8 Å². The molecule has 1 aliphatic heterocycles. The molecule has 3 unspecified atom stereocenters. The Morgan fingerprint density at radius 3 is 2.19 bits per heavy atom. The van der Waals surface area contributed by atoms with E-state index in [9.17, 15) is 0 Å². The van der Waals surface area contributed by atoms with Crippen LogP contribution in [0.5, 0.6) is 0 Å². The fourth-order valence-corrected chi connectivity index (χ4v) is 8.53. The normalized spacial score (nSPS) is 20.1. The molecule has 0 saturated heterocycles. The number of aryl methyl sites for hydroxylation is 1. The number of rotatable bonds is 7. The van der Waals surface area contributed by atoms with Crippen LogP contribution in [0.3, 0.4) is 0 Å². The summed E-state index contributed by atoms with van der Waals surface area (Å²) in [6.45, 7) is 6.63. The van der Waals surface area contributed by atoms with Gasteiger partial charge in [0.25, 0.3) is 0 Å². The highest BCUT2D eigenvalue weighted by Crippen LogP contribution is 2.48. The topological polar surface area (TPSA) is 24.7 Å². The zero-order chi connectivity index (χ0) is 32.6. The molecule has 5 aromatic rings. The molecule has 0 radical (unpaired) electrons. The van der Waals surface area contributed by atoms with E-state index in [0.29, 0.717) is 11.8 Å². The predicted octanol–water partition coefficient (Wildman–Crippen LogP) is 12.4. The first-order valence-electron chi connectivity index (χ1n) is 17.9. The molecule has 0 aromatic heterocycles. The molecule has 2 heteroatoms. The maximum absolute atomic E-state index is 5.43. The van der Waals surface area contributed by atoms with Gasteiger partial charge in [0.2, 0.25) is 0 Å². The Hall–Kier alpha value is -4.82. The van der Waals surface area contributed by atoms with Gasteiger partial charge >= 0.3 is 0 Å². The number of hydrogen-bond acceptors (Lipinski definition) is 2. The molecule has 0 fully saturated rings. The summed E-state index contributed by atoms with van der Waals surface area (Å²) in [4.78, 5) is 10.1. The Balaban J connectivity index is 1.30. The standard InChI is InChI=1S/C46H44N2/c1-4-13-44(48-31(3)43-22-9-10-27-47-43)37-20-11-19-36-35(37)18-12-21-38(36)46-41-16-7-5-14-39(41)45(40-15-6-8-17-42(40)46)34-26-25-32-28-30(2)23-24-33(32)29-34/h5-8,11-12,14-17,19,21-29,35,37,44H,4,9-10,13,18,20H2,1-3H3/b48-31+. The molecule has 2 aliphatic carbocycles. The number of nitrogens with zero attached hydrogens (tertiary/aromatic N) is 2. The fraction of sp³-hybridized carbons (Fsp3) is 0.261. The summed E-state index contributed by atoms with van der Waals surface area (Å²) in [7, 11) is 0. The number of fused-ring (bicyclic) bond motifs is 4. The number of benzene rings is 5. The molecule has 3 aliphatic rings. The summed E-state index contributed by atoms with van der Waals surface area (Å²) >= 11 is 0. The third kappa shape index (κ3) is 5.48. The van der Waals surface area contributed by atoms with Crippen molar-refractivity contribution in [3.05, 3.63) is 138 Å². The van der Waals surface area contributed by atoms with Crippen LogP contribution in [0.4, 0.5) is 0 Å². The molecule has 0 N–H and O–H groups in total. The average molecular weight is 625 g/mol. The van der Waals surface area contributed by atoms with Crippen LogP contribution in [0.25, 0.3) is 49.0 Å². The first kappa shape index (κ1) is 30.5. The Bertz CT molecular complexity index is 2180. The van der Waals surface area contributed by atoms with Crippen molar-refractivity contribution in [1.82, 2.24) is 0 Å². The van der Waals surface area contributed by atoms with E-state index in [4.69, 9.17) is 9.98 Å². The van der Waals surface area contributed by atoms with Crippen LogP contribution < -0.4 is 0 Å². The van der Waals surface area contributed by atoms with Crippen LogP contribution >= 0.6 is 0 Å². The summed E-state index contributed by atoms with van der Waals surface area (Å²) in [6.07, 6.45) is 20.5. The van der Waals surface area contributed by atoms with Crippen molar-refractivity contribution in [3.8, 4) is 11.1 Å². The van der Waals surface area contributed by atoms with Crippen LogP contribution in [0.15, 0.2) is 137 Å². The minimum Gasteiger partial charge on any atom is -0.284 e. The lowest BCUT2D eigenvalue weighted by Gasteiger charge is -2.37. The van der Waals surface area contributed by atoms with E-state index in [-0.39, 0.29) is 6.04 Å². The molecule has 0 amide bonds. The summed E-state index contributed by atoms with van der Waals surface area (Å²) in [5.41, 5.74) is 10.2. The lowest BCUT2D eigenvalue weighted by Crippen LogP contribution is -2.31. The van der Waals surface area contributed by atoms with E-state index in [2.05, 4.69) is 136 Å². The zero-order valence-electron chi connectivity index (χ0n) is 28.4. The Labute approximate surface area is 285 Å². The molecule has 8 rings (SSSR count). The monoisotopic (exact) mass is 624 g/mol. The van der Waals surface area contributed by atoms with E-state index in [1.165, 1.54) is 65.7 Å². The molecular weight excluding hydrogens is 581 g/mol. The SMILES string of the molecule is CCCC(/N=C(\C)C1=CCCC=N1)C1CC=CC2=C(c3c4ccccc4c(-c4ccc5cc(C)ccc5c4)c4ccccc34)C=CCC21. The smallest absolute Gasteiger partial charge is 0.0793 e. The van der Waals surface area contributed by atoms with Gasteiger partial charge in [0.05, 0.1) is 17.5 Å². The van der Waals surface area contributed by atoms with E-state index in [1.807, 2.05) is 6.21 Å². The third-order valence-electron chi connectivity index (χ3n) is 10.8. The predicted molar refractivity (Wildman–Crippen MR) is 208 cm³/mol. The average Bonchev–Trinajstić information content (AvgIpc) is 3.13. The number of allylic oxidation sites excluding steroid dienone is 8. The zero-order valence-corrected chi connectivity index (χ0v) is 28.4. The van der Waals surface area contributed by atoms with Gasteiger partial charge in [0.1, 0.15) is 0 Å². The van der Waals surface area contributed by atoms with Gasteiger partial charge in [0, 0.05) is 6.21 Å². The van der Waals surface area contributed by atoms with Crippen molar-refractivity contribution >= 4 is 49.8 Å². The van der Waals surface area contributed by atoms with Crippen molar-refractivity contribution < 1.29 is 0 Å². The van der Waals surface area contributed by atoms with Crippen LogP contribution in [0.2, 0.25) is 0 Å². The molecule has 5 aromatic carbocycles. The molecule has 0 saturated carbocycles. The summed E-state index contributed by atoms with van der Waals surface area (Å²) in [5, 5.41) is 7.82. The molecule has 238 valence electrons. The van der Waals surface area contributed by atoms with Crippen molar-refractivity contribution in [2.75, 3.05) is 0 Å². The summed E-state index contributed by atoms with van der Waals surface area (Å²) in [6, 6.07) is 32.1. The van der Waals surface area contributed by atoms with Crippen LogP contribution in [0.1, 0.15) is 63.5 Å². The van der Waals surface area contributed by atoms with E-state index in [1.54, 1.807) is 0 Å². The summed E-state index contributed by atoms with van der Waals surface area (Å²) < 4.78 is 0.